The summed E-state index contributed by atoms with van der Waals surface area (Å²) in [6.45, 7) is 0. The van der Waals surface area contributed by atoms with Crippen molar-refractivity contribution < 1.29 is 4.74 Å². The first kappa shape index (κ1) is 18.1. The lowest BCUT2D eigenvalue weighted by Gasteiger charge is -2.24. The van der Waals surface area contributed by atoms with E-state index in [9.17, 15) is 0 Å². The van der Waals surface area contributed by atoms with Gasteiger partial charge < -0.3 is 4.74 Å². The van der Waals surface area contributed by atoms with Crippen LogP contribution in [0.1, 0.15) is 23.6 Å². The molecule has 3 nitrogen and oxygen atoms in total. The Morgan fingerprint density at radius 1 is 0.963 bits per heavy atom. The van der Waals surface area contributed by atoms with Gasteiger partial charge in [0.05, 0.1) is 24.6 Å². The minimum absolute atomic E-state index is 0.126. The molecule has 0 aliphatic carbocycles. The number of rotatable bonds is 4. The molecule has 1 heterocycles. The van der Waals surface area contributed by atoms with Gasteiger partial charge in [0.2, 0.25) is 0 Å². The Balaban J connectivity index is 1.72. The minimum Gasteiger partial charge on any atom is -0.497 e. The van der Waals surface area contributed by atoms with Gasteiger partial charge in [0.15, 0.2) is 0 Å². The number of halogens is 2. The van der Waals surface area contributed by atoms with Gasteiger partial charge >= 0.3 is 0 Å². The van der Waals surface area contributed by atoms with Gasteiger partial charge in [-0.1, -0.05) is 39.7 Å². The fraction of sp³-hybridized carbons (Fsp3) is 0.136. The molecule has 0 aromatic heterocycles. The quantitative estimate of drug-likeness (QED) is 0.464. The van der Waals surface area contributed by atoms with Gasteiger partial charge in [0.1, 0.15) is 5.75 Å². The summed E-state index contributed by atoms with van der Waals surface area (Å²) in [6.07, 6.45) is 0.823. The Morgan fingerprint density at radius 3 is 2.26 bits per heavy atom. The van der Waals surface area contributed by atoms with E-state index >= 15 is 0 Å². The van der Waals surface area contributed by atoms with E-state index in [4.69, 9.17) is 21.4 Å². The second-order valence-corrected chi connectivity index (χ2v) is 7.72. The number of hydrogen-bond acceptors (Lipinski definition) is 3. The predicted octanol–water partition coefficient (Wildman–Crippen LogP) is 6.47. The average molecular weight is 442 g/mol. The summed E-state index contributed by atoms with van der Waals surface area (Å²) in [6, 6.07) is 24.4. The molecular formula is C22H18BrClN2O. The molecule has 4 rings (SSSR count). The normalized spacial score (nSPS) is 16.3. The molecule has 3 aromatic rings. The highest BCUT2D eigenvalue weighted by Gasteiger charge is 2.29. The third-order valence-electron chi connectivity index (χ3n) is 4.68. The van der Waals surface area contributed by atoms with E-state index in [1.54, 1.807) is 7.11 Å². The fourth-order valence-corrected chi connectivity index (χ4v) is 3.63. The van der Waals surface area contributed by atoms with Gasteiger partial charge in [-0.15, -0.1) is 0 Å². The van der Waals surface area contributed by atoms with E-state index < -0.39 is 0 Å². The van der Waals surface area contributed by atoms with Crippen molar-refractivity contribution in [2.24, 2.45) is 5.10 Å². The van der Waals surface area contributed by atoms with E-state index in [1.165, 1.54) is 5.56 Å². The molecule has 0 saturated carbocycles. The Morgan fingerprint density at radius 2 is 1.63 bits per heavy atom. The number of benzene rings is 3. The van der Waals surface area contributed by atoms with Gasteiger partial charge in [-0.3, -0.25) is 5.01 Å². The summed E-state index contributed by atoms with van der Waals surface area (Å²) in [7, 11) is 1.67. The lowest BCUT2D eigenvalue weighted by molar-refractivity contribution is 0.415. The van der Waals surface area contributed by atoms with Gasteiger partial charge in [0, 0.05) is 15.9 Å². The van der Waals surface area contributed by atoms with Gasteiger partial charge in [-0.25, -0.2) is 0 Å². The zero-order valence-corrected chi connectivity index (χ0v) is 17.1. The number of methoxy groups -OCH3 is 1. The highest BCUT2D eigenvalue weighted by molar-refractivity contribution is 9.10. The number of hydrogen-bond donors (Lipinski definition) is 0. The molecule has 3 aromatic carbocycles. The first-order valence-electron chi connectivity index (χ1n) is 8.66. The van der Waals surface area contributed by atoms with Gasteiger partial charge in [-0.05, 0) is 71.8 Å². The molecule has 0 N–H and O–H groups in total. The van der Waals surface area contributed by atoms with Crippen LogP contribution in [0.15, 0.2) is 82.4 Å². The Hall–Kier alpha value is -2.30. The highest BCUT2D eigenvalue weighted by Crippen LogP contribution is 2.37. The summed E-state index contributed by atoms with van der Waals surface area (Å²) in [5, 5.41) is 7.79. The largest absolute Gasteiger partial charge is 0.497 e. The second kappa shape index (κ2) is 7.75. The third-order valence-corrected chi connectivity index (χ3v) is 5.46. The monoisotopic (exact) mass is 440 g/mol. The molecule has 0 spiro atoms. The molecule has 0 fully saturated rings. The summed E-state index contributed by atoms with van der Waals surface area (Å²) in [4.78, 5) is 0. The lowest BCUT2D eigenvalue weighted by Crippen LogP contribution is -2.18. The van der Waals surface area contributed by atoms with E-state index in [-0.39, 0.29) is 6.04 Å². The van der Waals surface area contributed by atoms with Crippen molar-refractivity contribution in [2.75, 3.05) is 12.1 Å². The molecule has 0 unspecified atom stereocenters. The molecule has 1 atom stereocenters. The minimum atomic E-state index is 0.126. The van der Waals surface area contributed by atoms with Gasteiger partial charge in [-0.2, -0.15) is 5.10 Å². The lowest BCUT2D eigenvalue weighted by atomic mass is 9.98. The molecule has 1 aliphatic heterocycles. The zero-order chi connectivity index (χ0) is 18.8. The molecule has 0 radical (unpaired) electrons. The first-order valence-corrected chi connectivity index (χ1v) is 9.83. The highest BCUT2D eigenvalue weighted by atomic mass is 79.9. The summed E-state index contributed by atoms with van der Waals surface area (Å²) in [5.41, 5.74) is 4.41. The Bertz CT molecular complexity index is 953. The molecule has 0 bridgehead atoms. The van der Waals surface area contributed by atoms with Crippen molar-refractivity contribution in [1.82, 2.24) is 0 Å². The van der Waals surface area contributed by atoms with E-state index in [1.807, 2.05) is 36.4 Å². The van der Waals surface area contributed by atoms with Crippen LogP contribution in [0.2, 0.25) is 5.02 Å². The van der Waals surface area contributed by atoms with Crippen molar-refractivity contribution in [3.05, 3.63) is 93.4 Å². The maximum Gasteiger partial charge on any atom is 0.118 e. The summed E-state index contributed by atoms with van der Waals surface area (Å²) in [5.74, 6) is 0.844. The topological polar surface area (TPSA) is 24.8 Å². The Kier molecular flexibility index (Phi) is 5.19. The molecule has 5 heteroatoms. The van der Waals surface area contributed by atoms with Crippen LogP contribution in [-0.4, -0.2) is 12.8 Å². The summed E-state index contributed by atoms with van der Waals surface area (Å²) >= 11 is 9.59. The second-order valence-electron chi connectivity index (χ2n) is 6.37. The molecule has 1 aliphatic rings. The smallest absolute Gasteiger partial charge is 0.118 e. The standard InChI is InChI=1S/C22H18BrClN2O/c1-27-20-12-4-15(5-13-20)21-14-22(16-2-8-18(24)9-3-16)26(25-21)19-10-6-17(23)7-11-19/h2-13,22H,14H2,1H3/t22-/m0/s1. The molecule has 27 heavy (non-hydrogen) atoms. The number of ether oxygens (including phenoxy) is 1. The third kappa shape index (κ3) is 3.87. The summed E-state index contributed by atoms with van der Waals surface area (Å²) < 4.78 is 6.32. The fourth-order valence-electron chi connectivity index (χ4n) is 3.24. The van der Waals surface area contributed by atoms with E-state index in [0.29, 0.717) is 0 Å². The first-order chi connectivity index (χ1) is 13.1. The van der Waals surface area contributed by atoms with Crippen LogP contribution in [0.4, 0.5) is 5.69 Å². The molecule has 0 amide bonds. The molecule has 136 valence electrons. The maximum atomic E-state index is 6.08. The van der Waals surface area contributed by atoms with Crippen molar-refractivity contribution in [3.63, 3.8) is 0 Å². The van der Waals surface area contributed by atoms with Crippen molar-refractivity contribution in [2.45, 2.75) is 12.5 Å². The van der Waals surface area contributed by atoms with Crippen LogP contribution in [0, 0.1) is 0 Å². The molecular weight excluding hydrogens is 424 g/mol. The number of anilines is 1. The number of nitrogens with zero attached hydrogens (tertiary/aromatic N) is 2. The van der Waals surface area contributed by atoms with Crippen LogP contribution >= 0.6 is 27.5 Å². The van der Waals surface area contributed by atoms with Crippen LogP contribution in [0.3, 0.4) is 0 Å². The van der Waals surface area contributed by atoms with E-state index in [0.717, 1.165) is 38.6 Å². The van der Waals surface area contributed by atoms with Crippen LogP contribution in [0.5, 0.6) is 5.75 Å². The maximum absolute atomic E-state index is 6.08. The van der Waals surface area contributed by atoms with Crippen molar-refractivity contribution >= 4 is 38.9 Å². The van der Waals surface area contributed by atoms with Gasteiger partial charge in [0.25, 0.3) is 0 Å². The Labute approximate surface area is 172 Å². The SMILES string of the molecule is COc1ccc(C2=NN(c3ccc(Br)cc3)[C@H](c3ccc(Cl)cc3)C2)cc1. The average Bonchev–Trinajstić information content (AvgIpc) is 3.14. The number of hydrazone groups is 1. The predicted molar refractivity (Wildman–Crippen MR) is 115 cm³/mol. The molecule has 0 saturated heterocycles. The van der Waals surface area contributed by atoms with E-state index in [2.05, 4.69) is 57.3 Å². The zero-order valence-electron chi connectivity index (χ0n) is 14.8. The van der Waals surface area contributed by atoms with Crippen LogP contribution in [0.25, 0.3) is 0 Å². The van der Waals surface area contributed by atoms with Crippen LogP contribution in [-0.2, 0) is 0 Å². The van der Waals surface area contributed by atoms with Crippen LogP contribution < -0.4 is 9.75 Å². The van der Waals surface area contributed by atoms with Crippen molar-refractivity contribution in [3.8, 4) is 5.75 Å². The van der Waals surface area contributed by atoms with Crippen molar-refractivity contribution in [1.29, 1.82) is 0 Å².